The zero-order chi connectivity index (χ0) is 14.1. The third-order valence-electron chi connectivity index (χ3n) is 3.12. The Balaban J connectivity index is 2.06. The maximum absolute atomic E-state index is 13.3. The summed E-state index contributed by atoms with van der Waals surface area (Å²) in [6.45, 7) is 0. The second-order valence-corrected chi connectivity index (χ2v) is 4.44. The molecule has 1 amide bonds. The van der Waals surface area contributed by atoms with Crippen molar-refractivity contribution in [2.24, 2.45) is 0 Å². The maximum Gasteiger partial charge on any atom is 0.256 e. The van der Waals surface area contributed by atoms with Crippen molar-refractivity contribution in [3.63, 3.8) is 0 Å². The van der Waals surface area contributed by atoms with Crippen molar-refractivity contribution in [1.82, 2.24) is 0 Å². The number of anilines is 1. The Morgan fingerprint density at radius 3 is 2.60 bits per heavy atom. The summed E-state index contributed by atoms with van der Waals surface area (Å²) >= 11 is 0. The first-order valence-corrected chi connectivity index (χ1v) is 6.00. The van der Waals surface area contributed by atoms with Crippen LogP contribution in [0.15, 0.2) is 42.5 Å². The quantitative estimate of drug-likeness (QED) is 0.804. The van der Waals surface area contributed by atoms with Crippen LogP contribution in [0, 0.1) is 17.1 Å². The van der Waals surface area contributed by atoms with E-state index in [2.05, 4.69) is 5.32 Å². The minimum atomic E-state index is -0.383. The van der Waals surface area contributed by atoms with Gasteiger partial charge in [0.15, 0.2) is 0 Å². The van der Waals surface area contributed by atoms with E-state index >= 15 is 0 Å². The average molecular weight is 264 g/mol. The molecule has 0 atom stereocenters. The first kappa shape index (κ1) is 12.1. The number of halogens is 1. The van der Waals surface area contributed by atoms with Crippen LogP contribution in [0.4, 0.5) is 10.1 Å². The standard InChI is InChI=1S/C16H9FN2O/c17-12-5-6-15-13(8-12)14(16(20)19-15)7-10-1-3-11(9-18)4-2-10/h1-8H,(H,19,20). The van der Waals surface area contributed by atoms with Crippen LogP contribution in [0.25, 0.3) is 11.6 Å². The van der Waals surface area contributed by atoms with Gasteiger partial charge in [0.25, 0.3) is 5.91 Å². The lowest BCUT2D eigenvalue weighted by molar-refractivity contribution is -0.110. The molecule has 0 saturated carbocycles. The highest BCUT2D eigenvalue weighted by atomic mass is 19.1. The molecule has 0 saturated heterocycles. The topological polar surface area (TPSA) is 52.9 Å². The van der Waals surface area contributed by atoms with Crippen molar-refractivity contribution >= 4 is 23.2 Å². The van der Waals surface area contributed by atoms with Crippen LogP contribution in [-0.4, -0.2) is 5.91 Å². The number of nitriles is 1. The Bertz CT molecular complexity index is 770. The van der Waals surface area contributed by atoms with Crippen LogP contribution in [-0.2, 0) is 4.79 Å². The van der Waals surface area contributed by atoms with Gasteiger partial charge in [0.2, 0.25) is 0 Å². The highest BCUT2D eigenvalue weighted by Gasteiger charge is 2.24. The summed E-state index contributed by atoms with van der Waals surface area (Å²) in [5, 5.41) is 11.4. The molecule has 0 spiro atoms. The molecule has 1 N–H and O–H groups in total. The predicted molar refractivity (Wildman–Crippen MR) is 74.1 cm³/mol. The molecule has 0 fully saturated rings. The molecule has 1 aliphatic rings. The van der Waals surface area contributed by atoms with Crippen LogP contribution in [0.2, 0.25) is 0 Å². The lowest BCUT2D eigenvalue weighted by atomic mass is 10.0. The van der Waals surface area contributed by atoms with Crippen molar-refractivity contribution in [3.05, 3.63) is 65.0 Å². The van der Waals surface area contributed by atoms with Gasteiger partial charge in [-0.2, -0.15) is 5.26 Å². The highest BCUT2D eigenvalue weighted by Crippen LogP contribution is 2.33. The fraction of sp³-hybridized carbons (Fsp3) is 0. The SMILES string of the molecule is N#Cc1ccc(C=C2C(=O)Nc3ccc(F)cc32)cc1. The van der Waals surface area contributed by atoms with Gasteiger partial charge in [0.05, 0.1) is 11.6 Å². The maximum atomic E-state index is 13.3. The number of rotatable bonds is 1. The van der Waals surface area contributed by atoms with Crippen molar-refractivity contribution < 1.29 is 9.18 Å². The molecule has 20 heavy (non-hydrogen) atoms. The van der Waals surface area contributed by atoms with E-state index in [-0.39, 0.29) is 11.7 Å². The summed E-state index contributed by atoms with van der Waals surface area (Å²) in [6, 6.07) is 13.1. The van der Waals surface area contributed by atoms with Gasteiger partial charge in [-0.25, -0.2) is 4.39 Å². The van der Waals surface area contributed by atoms with E-state index in [9.17, 15) is 9.18 Å². The van der Waals surface area contributed by atoms with Crippen molar-refractivity contribution in [2.75, 3.05) is 5.32 Å². The van der Waals surface area contributed by atoms with Crippen LogP contribution >= 0.6 is 0 Å². The van der Waals surface area contributed by atoms with Gasteiger partial charge in [-0.3, -0.25) is 4.79 Å². The van der Waals surface area contributed by atoms with Gasteiger partial charge in [-0.05, 0) is 42.0 Å². The molecular formula is C16H9FN2O. The minimum Gasteiger partial charge on any atom is -0.321 e. The summed E-state index contributed by atoms with van der Waals surface area (Å²) in [5.41, 5.74) is 2.92. The lowest BCUT2D eigenvalue weighted by Gasteiger charge is -1.99. The number of benzene rings is 2. The van der Waals surface area contributed by atoms with E-state index in [4.69, 9.17) is 5.26 Å². The fourth-order valence-electron chi connectivity index (χ4n) is 2.12. The van der Waals surface area contributed by atoms with E-state index in [1.54, 1.807) is 36.4 Å². The lowest BCUT2D eigenvalue weighted by Crippen LogP contribution is -2.03. The van der Waals surface area contributed by atoms with Crippen LogP contribution in [0.5, 0.6) is 0 Å². The average Bonchev–Trinajstić information content (AvgIpc) is 2.76. The number of carbonyl (C=O) groups excluding carboxylic acids is 1. The number of nitrogens with zero attached hydrogens (tertiary/aromatic N) is 1. The Morgan fingerprint density at radius 1 is 1.15 bits per heavy atom. The van der Waals surface area contributed by atoms with E-state index in [0.29, 0.717) is 22.4 Å². The summed E-state index contributed by atoms with van der Waals surface area (Å²) in [6.07, 6.45) is 1.68. The van der Waals surface area contributed by atoms with E-state index in [1.165, 1.54) is 12.1 Å². The van der Waals surface area contributed by atoms with Gasteiger partial charge < -0.3 is 5.32 Å². The number of fused-ring (bicyclic) bond motifs is 1. The molecule has 0 aliphatic carbocycles. The first-order valence-electron chi connectivity index (χ1n) is 6.00. The van der Waals surface area contributed by atoms with Gasteiger partial charge >= 0.3 is 0 Å². The molecule has 1 heterocycles. The molecule has 2 aromatic carbocycles. The normalized spacial score (nSPS) is 14.8. The van der Waals surface area contributed by atoms with E-state index < -0.39 is 0 Å². The second kappa shape index (κ2) is 4.63. The Labute approximate surface area is 115 Å². The van der Waals surface area contributed by atoms with Gasteiger partial charge in [-0.15, -0.1) is 0 Å². The van der Waals surface area contributed by atoms with Crippen LogP contribution in [0.1, 0.15) is 16.7 Å². The molecule has 1 aliphatic heterocycles. The smallest absolute Gasteiger partial charge is 0.256 e. The Morgan fingerprint density at radius 2 is 1.90 bits per heavy atom. The molecular weight excluding hydrogens is 255 g/mol. The highest BCUT2D eigenvalue weighted by molar-refractivity contribution is 6.34. The fourth-order valence-corrected chi connectivity index (χ4v) is 2.12. The molecule has 2 aromatic rings. The van der Waals surface area contributed by atoms with E-state index in [1.807, 2.05) is 6.07 Å². The molecule has 3 nitrogen and oxygen atoms in total. The molecule has 0 unspecified atom stereocenters. The van der Waals surface area contributed by atoms with Crippen molar-refractivity contribution in [1.29, 1.82) is 5.26 Å². The number of nitrogens with one attached hydrogen (secondary N) is 1. The molecule has 0 radical (unpaired) electrons. The summed E-state index contributed by atoms with van der Waals surface area (Å²) in [4.78, 5) is 11.9. The molecule has 3 rings (SSSR count). The summed E-state index contributed by atoms with van der Waals surface area (Å²) in [7, 11) is 0. The molecule has 4 heteroatoms. The zero-order valence-electron chi connectivity index (χ0n) is 10.4. The molecule has 0 aromatic heterocycles. The number of amides is 1. The third kappa shape index (κ3) is 2.06. The minimum absolute atomic E-state index is 0.255. The summed E-state index contributed by atoms with van der Waals surface area (Å²) < 4.78 is 13.3. The number of hydrogen-bond acceptors (Lipinski definition) is 2. The van der Waals surface area contributed by atoms with E-state index in [0.717, 1.165) is 5.56 Å². The monoisotopic (exact) mass is 264 g/mol. The Hall–Kier alpha value is -2.93. The second-order valence-electron chi connectivity index (χ2n) is 4.44. The van der Waals surface area contributed by atoms with Crippen LogP contribution < -0.4 is 5.32 Å². The van der Waals surface area contributed by atoms with Crippen LogP contribution in [0.3, 0.4) is 0 Å². The zero-order valence-corrected chi connectivity index (χ0v) is 10.4. The van der Waals surface area contributed by atoms with Crippen molar-refractivity contribution in [2.45, 2.75) is 0 Å². The van der Waals surface area contributed by atoms with Gasteiger partial charge in [0.1, 0.15) is 5.82 Å². The first-order chi connectivity index (χ1) is 9.67. The van der Waals surface area contributed by atoms with Crippen molar-refractivity contribution in [3.8, 4) is 6.07 Å². The molecule has 96 valence electrons. The third-order valence-corrected chi connectivity index (χ3v) is 3.12. The van der Waals surface area contributed by atoms with Gasteiger partial charge in [0, 0.05) is 16.8 Å². The molecule has 0 bridgehead atoms. The largest absolute Gasteiger partial charge is 0.321 e. The Kier molecular flexibility index (Phi) is 2.81. The predicted octanol–water partition coefficient (Wildman–Crippen LogP) is 3.19. The number of hydrogen-bond donors (Lipinski definition) is 1. The number of carbonyl (C=O) groups is 1. The van der Waals surface area contributed by atoms with Gasteiger partial charge in [-0.1, -0.05) is 12.1 Å². The summed E-state index contributed by atoms with van der Waals surface area (Å²) in [5.74, 6) is -0.638.